The van der Waals surface area contributed by atoms with Crippen molar-refractivity contribution in [3.8, 4) is 17.0 Å². The van der Waals surface area contributed by atoms with E-state index in [1.165, 1.54) is 10.3 Å². The van der Waals surface area contributed by atoms with Crippen LogP contribution in [0.25, 0.3) is 22.2 Å². The molecule has 0 amide bonds. The van der Waals surface area contributed by atoms with Crippen molar-refractivity contribution in [2.75, 3.05) is 12.4 Å². The molecule has 0 fully saturated rings. The number of hydrogen-bond acceptors (Lipinski definition) is 4. The Morgan fingerprint density at radius 1 is 1.12 bits per heavy atom. The van der Waals surface area contributed by atoms with E-state index >= 15 is 0 Å². The number of fused-ring (bicyclic) bond motifs is 1. The third-order valence-electron chi connectivity index (χ3n) is 4.26. The molecule has 0 radical (unpaired) electrons. The highest BCUT2D eigenvalue weighted by Gasteiger charge is 2.14. The summed E-state index contributed by atoms with van der Waals surface area (Å²) in [4.78, 5) is 9.34. The van der Waals surface area contributed by atoms with Gasteiger partial charge in [0.2, 0.25) is 0 Å². The highest BCUT2D eigenvalue weighted by molar-refractivity contribution is 7.16. The monoisotopic (exact) mass is 349 g/mol. The van der Waals surface area contributed by atoms with Gasteiger partial charge in [0.1, 0.15) is 5.75 Å². The molecule has 4 nitrogen and oxygen atoms in total. The van der Waals surface area contributed by atoms with E-state index in [1.807, 2.05) is 30.5 Å². The average Bonchev–Trinajstić information content (AvgIpc) is 3.23. The molecular formula is C20H19N3OS. The fourth-order valence-corrected chi connectivity index (χ4v) is 3.83. The number of nitrogens with one attached hydrogen (secondary N) is 2. The second kappa shape index (κ2) is 6.61. The molecule has 2 aromatic carbocycles. The quantitative estimate of drug-likeness (QED) is 0.519. The van der Waals surface area contributed by atoms with Crippen molar-refractivity contribution >= 4 is 27.4 Å². The van der Waals surface area contributed by atoms with Gasteiger partial charge >= 0.3 is 0 Å². The molecule has 4 aromatic rings. The first-order chi connectivity index (χ1) is 12.3. The molecule has 4 rings (SSSR count). The largest absolute Gasteiger partial charge is 0.496 e. The SMILES string of the molecule is COc1ccccc1CNc1nc(-c2c[nH]c3ccccc23)c(C)s1. The van der Waals surface area contributed by atoms with Gasteiger partial charge in [-0.3, -0.25) is 0 Å². The van der Waals surface area contributed by atoms with E-state index in [9.17, 15) is 0 Å². The number of H-pyrrole nitrogens is 1. The predicted octanol–water partition coefficient (Wildman–Crippen LogP) is 5.22. The third-order valence-corrected chi connectivity index (χ3v) is 5.19. The maximum absolute atomic E-state index is 5.41. The number of aromatic amines is 1. The second-order valence-electron chi connectivity index (χ2n) is 5.84. The summed E-state index contributed by atoms with van der Waals surface area (Å²) in [6.07, 6.45) is 2.04. The molecule has 0 aliphatic rings. The van der Waals surface area contributed by atoms with E-state index in [4.69, 9.17) is 9.72 Å². The lowest BCUT2D eigenvalue weighted by Gasteiger charge is -2.08. The molecule has 5 heteroatoms. The maximum Gasteiger partial charge on any atom is 0.183 e. The van der Waals surface area contributed by atoms with Gasteiger partial charge in [-0.2, -0.15) is 0 Å². The number of para-hydroxylation sites is 2. The van der Waals surface area contributed by atoms with Crippen LogP contribution in [0, 0.1) is 6.92 Å². The predicted molar refractivity (Wildman–Crippen MR) is 104 cm³/mol. The third kappa shape index (κ3) is 2.98. The summed E-state index contributed by atoms with van der Waals surface area (Å²) in [6, 6.07) is 16.3. The van der Waals surface area contributed by atoms with Gasteiger partial charge in [-0.25, -0.2) is 4.98 Å². The minimum Gasteiger partial charge on any atom is -0.496 e. The molecule has 2 heterocycles. The fourth-order valence-electron chi connectivity index (χ4n) is 3.01. The van der Waals surface area contributed by atoms with Gasteiger partial charge < -0.3 is 15.0 Å². The molecular weight excluding hydrogens is 330 g/mol. The molecule has 2 aromatic heterocycles. The molecule has 0 aliphatic carbocycles. The normalized spacial score (nSPS) is 11.0. The number of rotatable bonds is 5. The van der Waals surface area contributed by atoms with Crippen LogP contribution < -0.4 is 10.1 Å². The van der Waals surface area contributed by atoms with Crippen LogP contribution in [-0.2, 0) is 6.54 Å². The molecule has 0 saturated heterocycles. The van der Waals surface area contributed by atoms with Gasteiger partial charge in [0.15, 0.2) is 5.13 Å². The van der Waals surface area contributed by atoms with Crippen molar-refractivity contribution in [2.45, 2.75) is 13.5 Å². The molecule has 0 saturated carbocycles. The number of thiazole rings is 1. The van der Waals surface area contributed by atoms with Gasteiger partial charge in [0.05, 0.1) is 12.8 Å². The Bertz CT molecular complexity index is 1020. The Hall–Kier alpha value is -2.79. The molecule has 0 atom stereocenters. The number of ether oxygens (including phenoxy) is 1. The Kier molecular flexibility index (Phi) is 4.15. The van der Waals surface area contributed by atoms with Crippen LogP contribution in [0.4, 0.5) is 5.13 Å². The summed E-state index contributed by atoms with van der Waals surface area (Å²) in [7, 11) is 1.70. The van der Waals surface area contributed by atoms with Crippen molar-refractivity contribution in [3.63, 3.8) is 0 Å². The second-order valence-corrected chi connectivity index (χ2v) is 7.04. The van der Waals surface area contributed by atoms with Crippen LogP contribution >= 0.6 is 11.3 Å². The van der Waals surface area contributed by atoms with Crippen LogP contribution in [0.3, 0.4) is 0 Å². The van der Waals surface area contributed by atoms with E-state index in [0.717, 1.165) is 33.2 Å². The topological polar surface area (TPSA) is 49.9 Å². The van der Waals surface area contributed by atoms with E-state index in [1.54, 1.807) is 18.4 Å². The molecule has 2 N–H and O–H groups in total. The van der Waals surface area contributed by atoms with Crippen molar-refractivity contribution in [1.29, 1.82) is 0 Å². The lowest BCUT2D eigenvalue weighted by molar-refractivity contribution is 0.410. The first kappa shape index (κ1) is 15.7. The van der Waals surface area contributed by atoms with Crippen LogP contribution in [-0.4, -0.2) is 17.1 Å². The number of benzene rings is 2. The molecule has 0 bridgehead atoms. The Balaban J connectivity index is 1.60. The zero-order valence-corrected chi connectivity index (χ0v) is 15.0. The average molecular weight is 349 g/mol. The number of methoxy groups -OCH3 is 1. The highest BCUT2D eigenvalue weighted by atomic mass is 32.1. The van der Waals surface area contributed by atoms with Gasteiger partial charge in [0.25, 0.3) is 0 Å². The minimum absolute atomic E-state index is 0.685. The van der Waals surface area contributed by atoms with Crippen molar-refractivity contribution < 1.29 is 4.74 Å². The van der Waals surface area contributed by atoms with Crippen LogP contribution in [0.15, 0.2) is 54.7 Å². The summed E-state index contributed by atoms with van der Waals surface area (Å²) >= 11 is 1.68. The summed E-state index contributed by atoms with van der Waals surface area (Å²) in [5, 5.41) is 5.55. The van der Waals surface area contributed by atoms with Crippen molar-refractivity contribution in [1.82, 2.24) is 9.97 Å². The summed E-state index contributed by atoms with van der Waals surface area (Å²) in [5.74, 6) is 0.889. The molecule has 25 heavy (non-hydrogen) atoms. The van der Waals surface area contributed by atoms with Gasteiger partial charge in [-0.05, 0) is 19.1 Å². The molecule has 0 spiro atoms. The smallest absolute Gasteiger partial charge is 0.183 e. The standard InChI is InChI=1S/C20H19N3OS/c1-13-19(16-12-21-17-9-5-4-8-15(16)17)23-20(25-13)22-11-14-7-3-6-10-18(14)24-2/h3-10,12,21H,11H2,1-2H3,(H,22,23). The van der Waals surface area contributed by atoms with Crippen LogP contribution in [0.2, 0.25) is 0 Å². The van der Waals surface area contributed by atoms with Gasteiger partial charge in [-0.1, -0.05) is 36.4 Å². The summed E-state index contributed by atoms with van der Waals surface area (Å²) in [6.45, 7) is 2.80. The number of nitrogens with zero attached hydrogens (tertiary/aromatic N) is 1. The Labute approximate surface area is 150 Å². The van der Waals surface area contributed by atoms with Crippen molar-refractivity contribution in [2.24, 2.45) is 0 Å². The lowest BCUT2D eigenvalue weighted by atomic mass is 10.1. The van der Waals surface area contributed by atoms with Crippen LogP contribution in [0.1, 0.15) is 10.4 Å². The zero-order valence-electron chi connectivity index (χ0n) is 14.2. The highest BCUT2D eigenvalue weighted by Crippen LogP contribution is 2.35. The first-order valence-electron chi connectivity index (χ1n) is 8.16. The summed E-state index contributed by atoms with van der Waals surface area (Å²) in [5.41, 5.74) is 4.43. The van der Waals surface area contributed by atoms with Gasteiger partial charge in [0, 0.05) is 39.6 Å². The Morgan fingerprint density at radius 3 is 2.80 bits per heavy atom. The number of aromatic nitrogens is 2. The lowest BCUT2D eigenvalue weighted by Crippen LogP contribution is -2.01. The van der Waals surface area contributed by atoms with Crippen molar-refractivity contribution in [3.05, 3.63) is 65.2 Å². The number of hydrogen-bond donors (Lipinski definition) is 2. The maximum atomic E-state index is 5.41. The zero-order chi connectivity index (χ0) is 17.2. The van der Waals surface area contributed by atoms with Gasteiger partial charge in [-0.15, -0.1) is 11.3 Å². The molecule has 126 valence electrons. The molecule has 0 unspecified atom stereocenters. The summed E-state index contributed by atoms with van der Waals surface area (Å²) < 4.78 is 5.41. The first-order valence-corrected chi connectivity index (χ1v) is 8.97. The molecule has 0 aliphatic heterocycles. The van der Waals surface area contributed by atoms with E-state index in [2.05, 4.69) is 41.5 Å². The number of anilines is 1. The van der Waals surface area contributed by atoms with E-state index in [0.29, 0.717) is 6.54 Å². The van der Waals surface area contributed by atoms with E-state index < -0.39 is 0 Å². The minimum atomic E-state index is 0.685. The van der Waals surface area contributed by atoms with Crippen LogP contribution in [0.5, 0.6) is 5.75 Å². The Morgan fingerprint density at radius 2 is 1.92 bits per heavy atom. The number of aryl methyl sites for hydroxylation is 1. The van der Waals surface area contributed by atoms with E-state index in [-0.39, 0.29) is 0 Å². The fraction of sp³-hybridized carbons (Fsp3) is 0.150.